The molecule has 0 saturated carbocycles. The summed E-state index contributed by atoms with van der Waals surface area (Å²) in [6, 6.07) is 0.902. The molecule has 0 fully saturated rings. The van der Waals surface area contributed by atoms with Crippen molar-refractivity contribution in [3.63, 3.8) is 0 Å². The SMILES string of the molecule is Cc1c(N)c(Cl)cc([N+](=O)[O-])c1F. The Balaban J connectivity index is 3.50. The van der Waals surface area contributed by atoms with Gasteiger partial charge >= 0.3 is 5.69 Å². The van der Waals surface area contributed by atoms with Gasteiger partial charge in [0.1, 0.15) is 0 Å². The van der Waals surface area contributed by atoms with Crippen LogP contribution >= 0.6 is 11.6 Å². The molecule has 0 spiro atoms. The molecule has 0 aliphatic heterocycles. The van der Waals surface area contributed by atoms with Crippen LogP contribution in [0.5, 0.6) is 0 Å². The largest absolute Gasteiger partial charge is 0.397 e. The van der Waals surface area contributed by atoms with Crippen molar-refractivity contribution < 1.29 is 9.31 Å². The van der Waals surface area contributed by atoms with E-state index in [0.29, 0.717) is 0 Å². The lowest BCUT2D eigenvalue weighted by atomic mass is 10.1. The first-order valence-corrected chi connectivity index (χ1v) is 3.71. The quantitative estimate of drug-likeness (QED) is 0.433. The van der Waals surface area contributed by atoms with Crippen molar-refractivity contribution in [3.8, 4) is 0 Å². The third kappa shape index (κ3) is 1.55. The smallest absolute Gasteiger partial charge is 0.306 e. The van der Waals surface area contributed by atoms with Crippen molar-refractivity contribution in [3.05, 3.63) is 32.6 Å². The van der Waals surface area contributed by atoms with Crippen molar-refractivity contribution in [1.29, 1.82) is 0 Å². The van der Waals surface area contributed by atoms with Crippen LogP contribution in [-0.2, 0) is 0 Å². The van der Waals surface area contributed by atoms with Gasteiger partial charge in [0.15, 0.2) is 0 Å². The molecular weight excluding hydrogens is 199 g/mol. The Kier molecular flexibility index (Phi) is 2.38. The van der Waals surface area contributed by atoms with Gasteiger partial charge in [-0.2, -0.15) is 4.39 Å². The van der Waals surface area contributed by atoms with Gasteiger partial charge in [0.2, 0.25) is 5.82 Å². The molecule has 0 aliphatic rings. The van der Waals surface area contributed by atoms with Crippen molar-refractivity contribution in [2.24, 2.45) is 0 Å². The zero-order valence-corrected chi connectivity index (χ0v) is 7.43. The van der Waals surface area contributed by atoms with E-state index in [1.54, 1.807) is 0 Å². The number of halogens is 2. The number of hydrogen-bond acceptors (Lipinski definition) is 3. The molecule has 0 heterocycles. The summed E-state index contributed by atoms with van der Waals surface area (Å²) in [6.07, 6.45) is 0. The van der Waals surface area contributed by atoms with Crippen LogP contribution in [0.4, 0.5) is 15.8 Å². The molecule has 1 aromatic rings. The predicted octanol–water partition coefficient (Wildman–Crippen LogP) is 2.28. The third-order valence-electron chi connectivity index (χ3n) is 1.68. The average molecular weight is 205 g/mol. The van der Waals surface area contributed by atoms with E-state index in [1.165, 1.54) is 6.92 Å². The number of hydrogen-bond donors (Lipinski definition) is 1. The van der Waals surface area contributed by atoms with Gasteiger partial charge in [0, 0.05) is 11.6 Å². The lowest BCUT2D eigenvalue weighted by Gasteiger charge is -2.03. The Morgan fingerprint density at radius 1 is 1.69 bits per heavy atom. The molecule has 1 rings (SSSR count). The van der Waals surface area contributed by atoms with E-state index in [0.717, 1.165) is 6.07 Å². The van der Waals surface area contributed by atoms with E-state index in [4.69, 9.17) is 17.3 Å². The van der Waals surface area contributed by atoms with E-state index in [-0.39, 0.29) is 16.3 Å². The third-order valence-corrected chi connectivity index (χ3v) is 1.99. The molecule has 0 radical (unpaired) electrons. The topological polar surface area (TPSA) is 69.2 Å². The maximum atomic E-state index is 13.1. The predicted molar refractivity (Wildman–Crippen MR) is 47.2 cm³/mol. The first-order valence-electron chi connectivity index (χ1n) is 3.33. The van der Waals surface area contributed by atoms with Crippen molar-refractivity contribution in [2.45, 2.75) is 6.92 Å². The fraction of sp³-hybridized carbons (Fsp3) is 0.143. The van der Waals surface area contributed by atoms with E-state index >= 15 is 0 Å². The van der Waals surface area contributed by atoms with Gasteiger partial charge in [-0.05, 0) is 6.92 Å². The summed E-state index contributed by atoms with van der Waals surface area (Å²) < 4.78 is 13.1. The summed E-state index contributed by atoms with van der Waals surface area (Å²) in [7, 11) is 0. The Bertz CT molecular complexity index is 381. The molecule has 4 nitrogen and oxygen atoms in total. The average Bonchev–Trinajstić information content (AvgIpc) is 2.07. The molecule has 0 saturated heterocycles. The number of nitrogen functional groups attached to an aromatic ring is 1. The highest BCUT2D eigenvalue weighted by molar-refractivity contribution is 6.33. The number of rotatable bonds is 1. The highest BCUT2D eigenvalue weighted by Gasteiger charge is 2.20. The first-order chi connectivity index (χ1) is 5.95. The van der Waals surface area contributed by atoms with Crippen molar-refractivity contribution >= 4 is 23.0 Å². The second kappa shape index (κ2) is 3.18. The zero-order valence-electron chi connectivity index (χ0n) is 6.67. The maximum Gasteiger partial charge on any atom is 0.306 e. The molecule has 0 unspecified atom stereocenters. The van der Waals surface area contributed by atoms with Crippen molar-refractivity contribution in [1.82, 2.24) is 0 Å². The lowest BCUT2D eigenvalue weighted by molar-refractivity contribution is -0.387. The molecular formula is C7H6ClFN2O2. The summed E-state index contributed by atoms with van der Waals surface area (Å²) in [5, 5.41) is 10.3. The van der Waals surface area contributed by atoms with E-state index < -0.39 is 16.4 Å². The van der Waals surface area contributed by atoms with E-state index in [9.17, 15) is 14.5 Å². The monoisotopic (exact) mass is 204 g/mol. The molecule has 0 atom stereocenters. The Morgan fingerprint density at radius 3 is 2.69 bits per heavy atom. The Labute approximate surface area is 78.3 Å². The molecule has 13 heavy (non-hydrogen) atoms. The number of nitro groups is 1. The molecule has 6 heteroatoms. The van der Waals surface area contributed by atoms with Crippen LogP contribution < -0.4 is 5.73 Å². The number of nitrogens with zero attached hydrogens (tertiary/aromatic N) is 1. The summed E-state index contributed by atoms with van der Waals surface area (Å²) in [6.45, 7) is 1.34. The minimum Gasteiger partial charge on any atom is -0.397 e. The first kappa shape index (κ1) is 9.73. The van der Waals surface area contributed by atoms with Gasteiger partial charge in [-0.15, -0.1) is 0 Å². The van der Waals surface area contributed by atoms with Crippen LogP contribution in [0.2, 0.25) is 5.02 Å². The van der Waals surface area contributed by atoms with Crippen LogP contribution in [-0.4, -0.2) is 4.92 Å². The van der Waals surface area contributed by atoms with Crippen molar-refractivity contribution in [2.75, 3.05) is 5.73 Å². The highest BCUT2D eigenvalue weighted by atomic mass is 35.5. The zero-order chi connectivity index (χ0) is 10.2. The van der Waals surface area contributed by atoms with Crippen LogP contribution in [0.15, 0.2) is 6.07 Å². The fourth-order valence-electron chi connectivity index (χ4n) is 0.883. The summed E-state index contributed by atoms with van der Waals surface area (Å²) in [4.78, 5) is 9.46. The van der Waals surface area contributed by atoms with Gasteiger partial charge in [-0.25, -0.2) is 0 Å². The summed E-state index contributed by atoms with van der Waals surface area (Å²) >= 11 is 5.54. The molecule has 0 amide bonds. The number of nitrogens with two attached hydrogens (primary N) is 1. The maximum absolute atomic E-state index is 13.1. The van der Waals surface area contributed by atoms with Gasteiger partial charge in [-0.1, -0.05) is 11.6 Å². The minimum atomic E-state index is -0.938. The van der Waals surface area contributed by atoms with Crippen LogP contribution in [0.25, 0.3) is 0 Å². The fourth-order valence-corrected chi connectivity index (χ4v) is 1.13. The van der Waals surface area contributed by atoms with E-state index in [2.05, 4.69) is 0 Å². The van der Waals surface area contributed by atoms with Crippen LogP contribution in [0.1, 0.15) is 5.56 Å². The second-order valence-electron chi connectivity index (χ2n) is 2.49. The number of anilines is 1. The highest BCUT2D eigenvalue weighted by Crippen LogP contribution is 2.31. The molecule has 70 valence electrons. The lowest BCUT2D eigenvalue weighted by Crippen LogP contribution is -1.99. The Morgan fingerprint density at radius 2 is 2.23 bits per heavy atom. The minimum absolute atomic E-state index is 0.000741. The molecule has 0 bridgehead atoms. The standard InChI is InChI=1S/C7H6ClFN2O2/c1-3-6(9)5(11(12)13)2-4(8)7(3)10/h2H,10H2,1H3. The molecule has 0 aliphatic carbocycles. The second-order valence-corrected chi connectivity index (χ2v) is 2.89. The number of nitro benzene ring substituents is 1. The van der Waals surface area contributed by atoms with Gasteiger partial charge in [0.25, 0.3) is 0 Å². The molecule has 0 aromatic heterocycles. The Hall–Kier alpha value is -1.36. The molecule has 2 N–H and O–H groups in total. The summed E-state index contributed by atoms with van der Waals surface area (Å²) in [5.41, 5.74) is 4.73. The van der Waals surface area contributed by atoms with Gasteiger partial charge < -0.3 is 5.73 Å². The van der Waals surface area contributed by atoms with E-state index in [1.807, 2.05) is 0 Å². The number of benzene rings is 1. The van der Waals surface area contributed by atoms with Gasteiger partial charge in [-0.3, -0.25) is 10.1 Å². The van der Waals surface area contributed by atoms with Gasteiger partial charge in [0.05, 0.1) is 15.6 Å². The van der Waals surface area contributed by atoms with Crippen LogP contribution in [0, 0.1) is 22.9 Å². The van der Waals surface area contributed by atoms with Crippen LogP contribution in [0.3, 0.4) is 0 Å². The summed E-state index contributed by atoms with van der Waals surface area (Å²) in [5.74, 6) is -0.938. The normalized spacial score (nSPS) is 10.1. The molecule has 1 aromatic carbocycles.